The maximum atomic E-state index is 12.0. The zero-order valence-electron chi connectivity index (χ0n) is 12.0. The van der Waals surface area contributed by atoms with Gasteiger partial charge >= 0.3 is 0 Å². The smallest absolute Gasteiger partial charge is 0.251 e. The summed E-state index contributed by atoms with van der Waals surface area (Å²) >= 11 is 0. The van der Waals surface area contributed by atoms with Crippen LogP contribution in [0.15, 0.2) is 48.5 Å². The fourth-order valence-electron chi connectivity index (χ4n) is 2.06. The Kier molecular flexibility index (Phi) is 4.29. The molecule has 0 atom stereocenters. The first-order valence-electron chi connectivity index (χ1n) is 7.09. The summed E-state index contributed by atoms with van der Waals surface area (Å²) in [6.07, 6.45) is 0.743. The fourth-order valence-corrected chi connectivity index (χ4v) is 2.06. The van der Waals surface area contributed by atoms with E-state index < -0.39 is 0 Å². The van der Waals surface area contributed by atoms with Crippen LogP contribution in [0.5, 0.6) is 5.75 Å². The van der Waals surface area contributed by atoms with Crippen LogP contribution < -0.4 is 10.1 Å². The Balaban J connectivity index is 1.44. The van der Waals surface area contributed by atoms with Gasteiger partial charge in [0.1, 0.15) is 16.8 Å². The van der Waals surface area contributed by atoms with E-state index in [1.54, 1.807) is 18.2 Å². The van der Waals surface area contributed by atoms with Gasteiger partial charge in [-0.05, 0) is 36.8 Å². The van der Waals surface area contributed by atoms with E-state index in [0.717, 1.165) is 17.7 Å². The van der Waals surface area contributed by atoms with Gasteiger partial charge in [0, 0.05) is 12.1 Å². The molecule has 2 aromatic carbocycles. The van der Waals surface area contributed by atoms with Crippen LogP contribution in [0.25, 0.3) is 11.0 Å². The average molecular weight is 296 g/mol. The van der Waals surface area contributed by atoms with E-state index in [9.17, 15) is 4.79 Å². The summed E-state index contributed by atoms with van der Waals surface area (Å²) in [6, 6.07) is 14.8. The molecule has 1 heterocycles. The van der Waals surface area contributed by atoms with Crippen molar-refractivity contribution in [1.29, 1.82) is 0 Å². The van der Waals surface area contributed by atoms with E-state index in [1.165, 1.54) is 0 Å². The largest absolute Gasteiger partial charge is 0.494 e. The third kappa shape index (κ3) is 3.41. The molecule has 0 spiro atoms. The van der Waals surface area contributed by atoms with Gasteiger partial charge in [-0.25, -0.2) is 0 Å². The molecule has 2 N–H and O–H groups in total. The highest BCUT2D eigenvalue weighted by atomic mass is 16.5. The maximum Gasteiger partial charge on any atom is 0.251 e. The number of carbonyl (C=O) groups excluding carboxylic acids is 1. The molecule has 3 rings (SSSR count). The van der Waals surface area contributed by atoms with Crippen molar-refractivity contribution in [2.45, 2.75) is 6.42 Å². The summed E-state index contributed by atoms with van der Waals surface area (Å²) in [7, 11) is 0. The normalized spacial score (nSPS) is 10.5. The average Bonchev–Trinajstić information content (AvgIpc) is 3.03. The van der Waals surface area contributed by atoms with Crippen LogP contribution in [-0.2, 0) is 0 Å². The standard InChI is InChI=1S/C16H16N4O2/c21-16(12-7-8-14-15(11-12)19-20-18-14)17-9-4-10-22-13-5-2-1-3-6-13/h1-3,5-8,11H,4,9-10H2,(H,17,21)(H,18,19,20). The first kappa shape index (κ1) is 14.1. The second-order valence-electron chi connectivity index (χ2n) is 4.80. The van der Waals surface area contributed by atoms with Crippen molar-refractivity contribution in [3.8, 4) is 5.75 Å². The van der Waals surface area contributed by atoms with Gasteiger partial charge in [-0.3, -0.25) is 4.79 Å². The number of para-hydroxylation sites is 1. The summed E-state index contributed by atoms with van der Waals surface area (Å²) in [5, 5.41) is 13.3. The molecule has 0 saturated heterocycles. The topological polar surface area (TPSA) is 79.9 Å². The van der Waals surface area contributed by atoms with Crippen molar-refractivity contribution in [3.63, 3.8) is 0 Å². The van der Waals surface area contributed by atoms with Gasteiger partial charge in [-0.1, -0.05) is 18.2 Å². The van der Waals surface area contributed by atoms with Crippen molar-refractivity contribution in [1.82, 2.24) is 20.7 Å². The SMILES string of the molecule is O=C(NCCCOc1ccccc1)c1ccc2n[nH]nc2c1. The number of hydrogen-bond acceptors (Lipinski definition) is 4. The van der Waals surface area contributed by atoms with Gasteiger partial charge in [-0.2, -0.15) is 15.4 Å². The number of benzene rings is 2. The number of aromatic amines is 1. The Morgan fingerprint density at radius 3 is 2.77 bits per heavy atom. The minimum Gasteiger partial charge on any atom is -0.494 e. The predicted octanol–water partition coefficient (Wildman–Crippen LogP) is 2.16. The van der Waals surface area contributed by atoms with Gasteiger partial charge in [0.2, 0.25) is 0 Å². The molecule has 22 heavy (non-hydrogen) atoms. The highest BCUT2D eigenvalue weighted by Crippen LogP contribution is 2.10. The molecule has 3 aromatic rings. The number of carbonyl (C=O) groups is 1. The first-order valence-corrected chi connectivity index (χ1v) is 7.09. The van der Waals surface area contributed by atoms with Crippen LogP contribution in [-0.4, -0.2) is 34.5 Å². The highest BCUT2D eigenvalue weighted by Gasteiger charge is 2.07. The van der Waals surface area contributed by atoms with Crippen LogP contribution in [0.4, 0.5) is 0 Å². The second-order valence-corrected chi connectivity index (χ2v) is 4.80. The highest BCUT2D eigenvalue weighted by molar-refractivity contribution is 5.97. The Morgan fingerprint density at radius 2 is 1.91 bits per heavy atom. The molecule has 0 saturated carbocycles. The summed E-state index contributed by atoms with van der Waals surface area (Å²) in [4.78, 5) is 12.0. The first-order chi connectivity index (χ1) is 10.8. The molecule has 0 fully saturated rings. The van der Waals surface area contributed by atoms with Gasteiger partial charge in [0.05, 0.1) is 6.61 Å². The van der Waals surface area contributed by atoms with Crippen molar-refractivity contribution in [2.24, 2.45) is 0 Å². The number of aromatic nitrogens is 3. The van der Waals surface area contributed by atoms with E-state index in [2.05, 4.69) is 20.7 Å². The molecule has 0 aliphatic heterocycles. The molecule has 6 nitrogen and oxygen atoms in total. The van der Waals surface area contributed by atoms with Crippen LogP contribution in [0.3, 0.4) is 0 Å². The third-order valence-corrected chi connectivity index (χ3v) is 3.20. The number of fused-ring (bicyclic) bond motifs is 1. The summed E-state index contributed by atoms with van der Waals surface area (Å²) in [5.41, 5.74) is 2.00. The molecular formula is C16H16N4O2. The molecule has 1 aromatic heterocycles. The molecule has 112 valence electrons. The number of hydrogen-bond donors (Lipinski definition) is 2. The van der Waals surface area contributed by atoms with Crippen LogP contribution in [0.1, 0.15) is 16.8 Å². The Hall–Kier alpha value is -2.89. The lowest BCUT2D eigenvalue weighted by atomic mass is 10.2. The zero-order valence-corrected chi connectivity index (χ0v) is 12.0. The predicted molar refractivity (Wildman–Crippen MR) is 82.8 cm³/mol. The van der Waals surface area contributed by atoms with Crippen molar-refractivity contribution >= 4 is 16.9 Å². The number of amides is 1. The quantitative estimate of drug-likeness (QED) is 0.683. The molecule has 1 amide bonds. The van der Waals surface area contributed by atoms with Crippen molar-refractivity contribution < 1.29 is 9.53 Å². The van der Waals surface area contributed by atoms with Crippen LogP contribution in [0, 0.1) is 0 Å². The Morgan fingerprint density at radius 1 is 1.09 bits per heavy atom. The lowest BCUT2D eigenvalue weighted by molar-refractivity contribution is 0.0951. The second kappa shape index (κ2) is 6.71. The number of ether oxygens (including phenoxy) is 1. The summed E-state index contributed by atoms with van der Waals surface area (Å²) in [6.45, 7) is 1.12. The van der Waals surface area contributed by atoms with E-state index >= 15 is 0 Å². The number of nitrogens with one attached hydrogen (secondary N) is 2. The lowest BCUT2D eigenvalue weighted by Gasteiger charge is -2.07. The van der Waals surface area contributed by atoms with Gasteiger partial charge in [0.15, 0.2) is 0 Å². The van der Waals surface area contributed by atoms with E-state index in [0.29, 0.717) is 24.2 Å². The van der Waals surface area contributed by atoms with Gasteiger partial charge in [0.25, 0.3) is 5.91 Å². The Labute approximate surface area is 127 Å². The van der Waals surface area contributed by atoms with Crippen LogP contribution in [0.2, 0.25) is 0 Å². The molecule has 6 heteroatoms. The zero-order chi connectivity index (χ0) is 15.2. The van der Waals surface area contributed by atoms with Gasteiger partial charge in [-0.15, -0.1) is 0 Å². The number of nitrogens with zero attached hydrogens (tertiary/aromatic N) is 2. The molecule has 0 aliphatic rings. The molecule has 0 radical (unpaired) electrons. The molecular weight excluding hydrogens is 280 g/mol. The van der Waals surface area contributed by atoms with Gasteiger partial charge < -0.3 is 10.1 Å². The summed E-state index contributed by atoms with van der Waals surface area (Å²) < 4.78 is 5.57. The number of H-pyrrole nitrogens is 1. The maximum absolute atomic E-state index is 12.0. The minimum atomic E-state index is -0.121. The van der Waals surface area contributed by atoms with Crippen LogP contribution >= 0.6 is 0 Å². The van der Waals surface area contributed by atoms with E-state index in [-0.39, 0.29) is 5.91 Å². The molecule has 0 unspecified atom stereocenters. The number of rotatable bonds is 6. The van der Waals surface area contributed by atoms with Crippen molar-refractivity contribution in [2.75, 3.05) is 13.2 Å². The monoisotopic (exact) mass is 296 g/mol. The third-order valence-electron chi connectivity index (χ3n) is 3.20. The lowest BCUT2D eigenvalue weighted by Crippen LogP contribution is -2.25. The van der Waals surface area contributed by atoms with Crippen molar-refractivity contribution in [3.05, 3.63) is 54.1 Å². The minimum absolute atomic E-state index is 0.121. The van der Waals surface area contributed by atoms with E-state index in [1.807, 2.05) is 30.3 Å². The summed E-state index contributed by atoms with van der Waals surface area (Å²) in [5.74, 6) is 0.718. The fraction of sp³-hybridized carbons (Fsp3) is 0.188. The van der Waals surface area contributed by atoms with E-state index in [4.69, 9.17) is 4.74 Å². The Bertz CT molecular complexity index is 755. The molecule has 0 bridgehead atoms. The molecule has 0 aliphatic carbocycles.